The highest BCUT2D eigenvalue weighted by Gasteiger charge is 2.29. The maximum atomic E-state index is 6.09. The fraction of sp³-hybridized carbons (Fsp3) is 0.643. The van der Waals surface area contributed by atoms with Crippen LogP contribution in [0.1, 0.15) is 25.0 Å². The number of hydrogen-bond donors (Lipinski definition) is 1. The highest BCUT2D eigenvalue weighted by atomic mass is 15.3. The van der Waals surface area contributed by atoms with Crippen molar-refractivity contribution < 1.29 is 0 Å². The summed E-state index contributed by atoms with van der Waals surface area (Å²) in [5, 5.41) is 0. The number of nitrogens with two attached hydrogens (primary N) is 1. The van der Waals surface area contributed by atoms with Gasteiger partial charge in [-0.1, -0.05) is 0 Å². The number of fused-ring (bicyclic) bond motifs is 1. The van der Waals surface area contributed by atoms with Gasteiger partial charge in [0.2, 0.25) is 0 Å². The molecule has 0 radical (unpaired) electrons. The summed E-state index contributed by atoms with van der Waals surface area (Å²) >= 11 is 0. The number of anilines is 2. The van der Waals surface area contributed by atoms with E-state index in [9.17, 15) is 0 Å². The molecule has 18 heavy (non-hydrogen) atoms. The average Bonchev–Trinajstić information content (AvgIpc) is 2.70. The monoisotopic (exact) mass is 246 g/mol. The van der Waals surface area contributed by atoms with Crippen LogP contribution in [-0.2, 0) is 0 Å². The first-order valence-corrected chi connectivity index (χ1v) is 6.96. The molecule has 2 aliphatic rings. The Bertz CT molecular complexity index is 432. The van der Waals surface area contributed by atoms with Gasteiger partial charge in [0, 0.05) is 31.4 Å². The first kappa shape index (κ1) is 11.8. The number of hydrogen-bond acceptors (Lipinski definition) is 4. The van der Waals surface area contributed by atoms with Gasteiger partial charge in [0.25, 0.3) is 0 Å². The van der Waals surface area contributed by atoms with Gasteiger partial charge in [0.15, 0.2) is 5.82 Å². The molecule has 0 spiro atoms. The molecule has 1 unspecified atom stereocenters. The van der Waals surface area contributed by atoms with E-state index in [0.29, 0.717) is 6.04 Å². The lowest BCUT2D eigenvalue weighted by Gasteiger charge is -2.27. The van der Waals surface area contributed by atoms with Gasteiger partial charge in [-0.05, 0) is 44.9 Å². The van der Waals surface area contributed by atoms with Crippen LogP contribution in [0.2, 0.25) is 0 Å². The minimum Gasteiger partial charge on any atom is -0.396 e. The topological polar surface area (TPSA) is 45.4 Å². The van der Waals surface area contributed by atoms with Gasteiger partial charge in [-0.15, -0.1) is 0 Å². The normalized spacial score (nSPS) is 24.9. The van der Waals surface area contributed by atoms with E-state index in [1.165, 1.54) is 32.4 Å². The Labute approximate surface area is 109 Å². The van der Waals surface area contributed by atoms with E-state index in [1.54, 1.807) is 0 Å². The first-order chi connectivity index (χ1) is 8.74. The van der Waals surface area contributed by atoms with Crippen molar-refractivity contribution in [2.45, 2.75) is 32.2 Å². The van der Waals surface area contributed by atoms with Crippen LogP contribution in [0.4, 0.5) is 11.5 Å². The maximum Gasteiger partial charge on any atom is 0.152 e. The molecule has 0 aliphatic carbocycles. The van der Waals surface area contributed by atoms with Crippen LogP contribution in [0.5, 0.6) is 0 Å². The summed E-state index contributed by atoms with van der Waals surface area (Å²) in [5.41, 5.74) is 7.95. The second-order valence-electron chi connectivity index (χ2n) is 5.50. The van der Waals surface area contributed by atoms with Crippen molar-refractivity contribution in [3.63, 3.8) is 0 Å². The fourth-order valence-corrected chi connectivity index (χ4v) is 3.21. The molecule has 4 heteroatoms. The third-order valence-electron chi connectivity index (χ3n) is 4.15. The number of nitrogens with zero attached hydrogens (tertiary/aromatic N) is 3. The SMILES string of the molecule is Cc1ccc(N)c(N2CCCN3CCCC3C2)n1. The number of rotatable bonds is 1. The van der Waals surface area contributed by atoms with Gasteiger partial charge >= 0.3 is 0 Å². The second-order valence-corrected chi connectivity index (χ2v) is 5.50. The zero-order valence-corrected chi connectivity index (χ0v) is 11.1. The Hall–Kier alpha value is -1.29. The lowest BCUT2D eigenvalue weighted by Crippen LogP contribution is -2.37. The summed E-state index contributed by atoms with van der Waals surface area (Å²) in [6.07, 6.45) is 3.88. The fourth-order valence-electron chi connectivity index (χ4n) is 3.21. The number of nitrogen functional groups attached to an aromatic ring is 1. The minimum atomic E-state index is 0.703. The molecular weight excluding hydrogens is 224 g/mol. The largest absolute Gasteiger partial charge is 0.396 e. The molecule has 2 N–H and O–H groups in total. The first-order valence-electron chi connectivity index (χ1n) is 6.96. The smallest absolute Gasteiger partial charge is 0.152 e. The van der Waals surface area contributed by atoms with Crippen LogP contribution in [0.25, 0.3) is 0 Å². The molecule has 98 valence electrons. The Morgan fingerprint density at radius 3 is 2.94 bits per heavy atom. The summed E-state index contributed by atoms with van der Waals surface area (Å²) in [4.78, 5) is 9.65. The van der Waals surface area contributed by atoms with Crippen LogP contribution in [0.15, 0.2) is 12.1 Å². The van der Waals surface area contributed by atoms with E-state index in [2.05, 4.69) is 14.8 Å². The molecule has 1 aromatic heterocycles. The Morgan fingerprint density at radius 1 is 1.22 bits per heavy atom. The van der Waals surface area contributed by atoms with Crippen molar-refractivity contribution in [1.29, 1.82) is 0 Å². The van der Waals surface area contributed by atoms with E-state index in [4.69, 9.17) is 5.73 Å². The van der Waals surface area contributed by atoms with Crippen LogP contribution in [0, 0.1) is 6.92 Å². The molecule has 2 aliphatic heterocycles. The second kappa shape index (κ2) is 4.76. The van der Waals surface area contributed by atoms with Crippen molar-refractivity contribution in [3.8, 4) is 0 Å². The quantitative estimate of drug-likeness (QED) is 0.818. The Morgan fingerprint density at radius 2 is 2.06 bits per heavy atom. The highest BCUT2D eigenvalue weighted by Crippen LogP contribution is 2.27. The highest BCUT2D eigenvalue weighted by molar-refractivity contribution is 5.63. The molecule has 2 fully saturated rings. The molecule has 3 heterocycles. The lowest BCUT2D eigenvalue weighted by molar-refractivity contribution is 0.273. The van der Waals surface area contributed by atoms with Crippen molar-refractivity contribution in [2.24, 2.45) is 0 Å². The predicted molar refractivity (Wildman–Crippen MR) is 74.8 cm³/mol. The number of aromatic nitrogens is 1. The van der Waals surface area contributed by atoms with E-state index in [-0.39, 0.29) is 0 Å². The Kier molecular flexibility index (Phi) is 3.12. The van der Waals surface area contributed by atoms with Gasteiger partial charge in [0.1, 0.15) is 0 Å². The summed E-state index contributed by atoms with van der Waals surface area (Å²) in [6.45, 7) is 6.69. The van der Waals surface area contributed by atoms with Crippen molar-refractivity contribution in [3.05, 3.63) is 17.8 Å². The standard InChI is InChI=1S/C14H22N4/c1-11-5-6-13(15)14(16-11)18-9-3-8-17-7-2-4-12(17)10-18/h5-6,12H,2-4,7-10,15H2,1H3. The van der Waals surface area contributed by atoms with Crippen molar-refractivity contribution in [1.82, 2.24) is 9.88 Å². The zero-order chi connectivity index (χ0) is 12.5. The number of aryl methyl sites for hydroxylation is 1. The van der Waals surface area contributed by atoms with E-state index in [0.717, 1.165) is 30.3 Å². The molecule has 1 atom stereocenters. The van der Waals surface area contributed by atoms with Gasteiger partial charge < -0.3 is 10.6 Å². The van der Waals surface area contributed by atoms with Crippen molar-refractivity contribution in [2.75, 3.05) is 36.8 Å². The molecule has 0 bridgehead atoms. The van der Waals surface area contributed by atoms with Gasteiger partial charge in [0.05, 0.1) is 5.69 Å². The summed E-state index contributed by atoms with van der Waals surface area (Å²) in [6, 6.07) is 4.67. The van der Waals surface area contributed by atoms with E-state index >= 15 is 0 Å². The van der Waals surface area contributed by atoms with Crippen LogP contribution in [-0.4, -0.2) is 42.1 Å². The van der Waals surface area contributed by atoms with Crippen LogP contribution >= 0.6 is 0 Å². The minimum absolute atomic E-state index is 0.703. The van der Waals surface area contributed by atoms with Gasteiger partial charge in [-0.2, -0.15) is 0 Å². The molecule has 3 rings (SSSR count). The molecular formula is C14H22N4. The maximum absolute atomic E-state index is 6.09. The number of pyridine rings is 1. The summed E-state index contributed by atoms with van der Waals surface area (Å²) in [7, 11) is 0. The van der Waals surface area contributed by atoms with E-state index in [1.807, 2.05) is 19.1 Å². The molecule has 2 saturated heterocycles. The van der Waals surface area contributed by atoms with Crippen LogP contribution in [0.3, 0.4) is 0 Å². The molecule has 0 aromatic carbocycles. The van der Waals surface area contributed by atoms with Crippen LogP contribution < -0.4 is 10.6 Å². The van der Waals surface area contributed by atoms with Gasteiger partial charge in [-0.3, -0.25) is 4.90 Å². The predicted octanol–water partition coefficient (Wildman–Crippen LogP) is 1.65. The summed E-state index contributed by atoms with van der Waals surface area (Å²) in [5.74, 6) is 0.990. The average molecular weight is 246 g/mol. The molecule has 0 saturated carbocycles. The molecule has 0 amide bonds. The third kappa shape index (κ3) is 2.17. The molecule has 4 nitrogen and oxygen atoms in total. The third-order valence-corrected chi connectivity index (χ3v) is 4.15. The van der Waals surface area contributed by atoms with Gasteiger partial charge in [-0.25, -0.2) is 4.98 Å². The Balaban J connectivity index is 1.84. The summed E-state index contributed by atoms with van der Waals surface area (Å²) < 4.78 is 0. The zero-order valence-electron chi connectivity index (χ0n) is 11.1. The van der Waals surface area contributed by atoms with E-state index < -0.39 is 0 Å². The van der Waals surface area contributed by atoms with Crippen molar-refractivity contribution >= 4 is 11.5 Å². The molecule has 1 aromatic rings. The lowest BCUT2D eigenvalue weighted by atomic mass is 10.2.